The van der Waals surface area contributed by atoms with Gasteiger partial charge in [0, 0.05) is 23.5 Å². The number of nitrogens with one attached hydrogen (secondary N) is 2. The van der Waals surface area contributed by atoms with Crippen LogP contribution >= 0.6 is 23.1 Å². The van der Waals surface area contributed by atoms with Gasteiger partial charge in [-0.05, 0) is 41.4 Å². The minimum absolute atomic E-state index is 0.00254. The van der Waals surface area contributed by atoms with Crippen LogP contribution in [0.2, 0.25) is 5.02 Å². The molecule has 3 aromatic rings. The van der Waals surface area contributed by atoms with Gasteiger partial charge in [-0.2, -0.15) is 4.37 Å². The lowest BCUT2D eigenvalue weighted by atomic mass is 10.1. The SMILES string of the molecule is O=C(Cc1ccc(Cl)cc1)NCCNc1nsc2ccccc12. The normalized spacial score (nSPS) is 10.7. The van der Waals surface area contributed by atoms with E-state index in [0.717, 1.165) is 21.5 Å². The van der Waals surface area contributed by atoms with Crippen molar-refractivity contribution in [1.29, 1.82) is 0 Å². The first-order valence-electron chi connectivity index (χ1n) is 7.32. The number of fused-ring (bicyclic) bond motifs is 1. The van der Waals surface area contributed by atoms with Gasteiger partial charge in [0.1, 0.15) is 5.82 Å². The van der Waals surface area contributed by atoms with Crippen LogP contribution in [0.3, 0.4) is 0 Å². The van der Waals surface area contributed by atoms with Gasteiger partial charge in [0.25, 0.3) is 0 Å². The molecular formula is C17H16ClN3OS. The van der Waals surface area contributed by atoms with Crippen molar-refractivity contribution in [2.24, 2.45) is 0 Å². The lowest BCUT2D eigenvalue weighted by Gasteiger charge is -2.07. The number of amides is 1. The number of rotatable bonds is 6. The smallest absolute Gasteiger partial charge is 0.224 e. The van der Waals surface area contributed by atoms with Crippen LogP contribution in [0.5, 0.6) is 0 Å². The van der Waals surface area contributed by atoms with Gasteiger partial charge in [-0.3, -0.25) is 4.79 Å². The monoisotopic (exact) mass is 345 g/mol. The summed E-state index contributed by atoms with van der Waals surface area (Å²) in [6, 6.07) is 15.4. The van der Waals surface area contributed by atoms with Crippen LogP contribution in [0.25, 0.3) is 10.1 Å². The molecule has 0 saturated carbocycles. The Balaban J connectivity index is 1.44. The zero-order valence-corrected chi connectivity index (χ0v) is 14.0. The van der Waals surface area contributed by atoms with Crippen molar-refractivity contribution < 1.29 is 4.79 Å². The van der Waals surface area contributed by atoms with Gasteiger partial charge in [-0.15, -0.1) is 0 Å². The predicted octanol–water partition coefficient (Wildman–Crippen LogP) is 3.72. The molecule has 6 heteroatoms. The van der Waals surface area contributed by atoms with Gasteiger partial charge in [0.2, 0.25) is 5.91 Å². The molecule has 2 N–H and O–H groups in total. The fourth-order valence-electron chi connectivity index (χ4n) is 2.25. The number of hydrogen-bond donors (Lipinski definition) is 2. The summed E-state index contributed by atoms with van der Waals surface area (Å²) in [5.74, 6) is 0.870. The first-order valence-corrected chi connectivity index (χ1v) is 8.47. The van der Waals surface area contributed by atoms with E-state index in [9.17, 15) is 4.79 Å². The number of aromatic nitrogens is 1. The first-order chi connectivity index (χ1) is 11.2. The average Bonchev–Trinajstić information content (AvgIpc) is 2.97. The standard InChI is InChI=1S/C17H16ClN3OS/c18-13-7-5-12(6-8-13)11-16(22)19-9-10-20-17-14-3-1-2-4-15(14)23-21-17/h1-8H,9-11H2,(H,19,22)(H,20,21). The maximum atomic E-state index is 11.9. The first kappa shape index (κ1) is 15.8. The van der Waals surface area contributed by atoms with E-state index in [-0.39, 0.29) is 5.91 Å². The van der Waals surface area contributed by atoms with Gasteiger partial charge in [0.05, 0.1) is 11.1 Å². The number of hydrogen-bond acceptors (Lipinski definition) is 4. The Morgan fingerprint density at radius 1 is 1.09 bits per heavy atom. The van der Waals surface area contributed by atoms with E-state index in [1.165, 1.54) is 11.5 Å². The summed E-state index contributed by atoms with van der Waals surface area (Å²) in [4.78, 5) is 11.9. The second-order valence-corrected chi connectivity index (χ2v) is 6.35. The van der Waals surface area contributed by atoms with Crippen molar-refractivity contribution in [3.63, 3.8) is 0 Å². The zero-order chi connectivity index (χ0) is 16.1. The van der Waals surface area contributed by atoms with Crippen molar-refractivity contribution in [1.82, 2.24) is 9.69 Å². The Hall–Kier alpha value is -2.11. The van der Waals surface area contributed by atoms with E-state index in [1.807, 2.05) is 36.4 Å². The Kier molecular flexibility index (Phi) is 5.10. The molecule has 118 valence electrons. The summed E-state index contributed by atoms with van der Waals surface area (Å²) in [5, 5.41) is 7.95. The van der Waals surface area contributed by atoms with Gasteiger partial charge in [-0.25, -0.2) is 0 Å². The third kappa shape index (κ3) is 4.21. The Bertz CT molecular complexity index is 801. The molecule has 0 spiro atoms. The molecule has 0 bridgehead atoms. The van der Waals surface area contributed by atoms with Crippen molar-refractivity contribution in [3.05, 3.63) is 59.1 Å². The summed E-state index contributed by atoms with van der Waals surface area (Å²) in [5.41, 5.74) is 0.949. The maximum Gasteiger partial charge on any atom is 0.224 e. The van der Waals surface area contributed by atoms with Gasteiger partial charge < -0.3 is 10.6 Å². The molecule has 0 radical (unpaired) electrons. The molecule has 0 aliphatic rings. The maximum absolute atomic E-state index is 11.9. The highest BCUT2D eigenvalue weighted by Crippen LogP contribution is 2.25. The lowest BCUT2D eigenvalue weighted by molar-refractivity contribution is -0.120. The minimum atomic E-state index is -0.00254. The summed E-state index contributed by atoms with van der Waals surface area (Å²) in [7, 11) is 0. The minimum Gasteiger partial charge on any atom is -0.367 e. The Labute approximate surface area is 143 Å². The second-order valence-electron chi connectivity index (χ2n) is 5.11. The van der Waals surface area contributed by atoms with E-state index >= 15 is 0 Å². The molecule has 0 saturated heterocycles. The molecule has 0 aliphatic heterocycles. The highest BCUT2D eigenvalue weighted by molar-refractivity contribution is 7.13. The van der Waals surface area contributed by atoms with Crippen molar-refractivity contribution in [3.8, 4) is 0 Å². The fourth-order valence-corrected chi connectivity index (χ4v) is 3.13. The van der Waals surface area contributed by atoms with Crippen LogP contribution in [-0.2, 0) is 11.2 Å². The molecule has 0 atom stereocenters. The number of nitrogens with zero attached hydrogens (tertiary/aromatic N) is 1. The van der Waals surface area contributed by atoms with Crippen LogP contribution in [0.15, 0.2) is 48.5 Å². The predicted molar refractivity (Wildman–Crippen MR) is 96.3 cm³/mol. The van der Waals surface area contributed by atoms with E-state index in [1.54, 1.807) is 12.1 Å². The highest BCUT2D eigenvalue weighted by atomic mass is 35.5. The van der Waals surface area contributed by atoms with Crippen LogP contribution in [0, 0.1) is 0 Å². The van der Waals surface area contributed by atoms with Gasteiger partial charge in [0.15, 0.2) is 0 Å². The number of benzene rings is 2. The van der Waals surface area contributed by atoms with Crippen LogP contribution < -0.4 is 10.6 Å². The van der Waals surface area contributed by atoms with Crippen LogP contribution in [-0.4, -0.2) is 23.4 Å². The quantitative estimate of drug-likeness (QED) is 0.669. The second kappa shape index (κ2) is 7.44. The molecular weight excluding hydrogens is 330 g/mol. The summed E-state index contributed by atoms with van der Waals surface area (Å²) in [6.45, 7) is 1.19. The van der Waals surface area contributed by atoms with Gasteiger partial charge in [-0.1, -0.05) is 35.9 Å². The Morgan fingerprint density at radius 3 is 2.70 bits per heavy atom. The van der Waals surface area contributed by atoms with Crippen molar-refractivity contribution in [2.45, 2.75) is 6.42 Å². The van der Waals surface area contributed by atoms with Crippen LogP contribution in [0.1, 0.15) is 5.56 Å². The van der Waals surface area contributed by atoms with Crippen LogP contribution in [0.4, 0.5) is 5.82 Å². The molecule has 1 amide bonds. The summed E-state index contributed by atoms with van der Waals surface area (Å²) in [6.07, 6.45) is 0.358. The third-order valence-electron chi connectivity index (χ3n) is 3.40. The van der Waals surface area contributed by atoms with E-state index in [4.69, 9.17) is 11.6 Å². The molecule has 3 rings (SSSR count). The fraction of sp³-hybridized carbons (Fsp3) is 0.176. The Morgan fingerprint density at radius 2 is 1.87 bits per heavy atom. The van der Waals surface area contributed by atoms with Crippen molar-refractivity contribution >= 4 is 44.9 Å². The third-order valence-corrected chi connectivity index (χ3v) is 4.47. The van der Waals surface area contributed by atoms with E-state index in [2.05, 4.69) is 15.0 Å². The average molecular weight is 346 g/mol. The topological polar surface area (TPSA) is 54.0 Å². The lowest BCUT2D eigenvalue weighted by Crippen LogP contribution is -2.30. The molecule has 2 aromatic carbocycles. The summed E-state index contributed by atoms with van der Waals surface area (Å²) >= 11 is 7.30. The van der Waals surface area contributed by atoms with Gasteiger partial charge >= 0.3 is 0 Å². The zero-order valence-electron chi connectivity index (χ0n) is 12.4. The van der Waals surface area contributed by atoms with E-state index < -0.39 is 0 Å². The van der Waals surface area contributed by atoms with E-state index in [0.29, 0.717) is 24.5 Å². The number of carbonyl (C=O) groups is 1. The highest BCUT2D eigenvalue weighted by Gasteiger charge is 2.05. The largest absolute Gasteiger partial charge is 0.367 e. The number of anilines is 1. The molecule has 23 heavy (non-hydrogen) atoms. The summed E-state index contributed by atoms with van der Waals surface area (Å²) < 4.78 is 5.55. The molecule has 1 heterocycles. The molecule has 0 unspecified atom stereocenters. The van der Waals surface area contributed by atoms with Crippen molar-refractivity contribution in [2.75, 3.05) is 18.4 Å². The molecule has 4 nitrogen and oxygen atoms in total. The number of halogens is 1. The molecule has 0 aliphatic carbocycles. The number of carbonyl (C=O) groups excluding carboxylic acids is 1. The molecule has 1 aromatic heterocycles. The molecule has 0 fully saturated rings.